The quantitative estimate of drug-likeness (QED) is 0.768. The minimum absolute atomic E-state index is 0.301. The third-order valence-electron chi connectivity index (χ3n) is 3.81. The van der Waals surface area contributed by atoms with Crippen LogP contribution < -0.4 is 5.32 Å². The summed E-state index contributed by atoms with van der Waals surface area (Å²) < 4.78 is 26.1. The number of allylic oxidation sites excluding steroid dienone is 1. The maximum atomic E-state index is 13.1. The van der Waals surface area contributed by atoms with E-state index in [4.69, 9.17) is 0 Å². The predicted molar refractivity (Wildman–Crippen MR) is 99.5 cm³/mol. The summed E-state index contributed by atoms with van der Waals surface area (Å²) in [5, 5.41) is 3.27. The Bertz CT molecular complexity index is 806. The second-order valence-electron chi connectivity index (χ2n) is 5.55. The molecule has 0 saturated carbocycles. The Morgan fingerprint density at radius 1 is 1.12 bits per heavy atom. The van der Waals surface area contributed by atoms with Crippen molar-refractivity contribution in [3.05, 3.63) is 89.4 Å². The molecule has 0 aliphatic heterocycles. The minimum atomic E-state index is -3.57. The van der Waals surface area contributed by atoms with Crippen molar-refractivity contribution >= 4 is 9.84 Å². The average Bonchev–Trinajstić information content (AvgIpc) is 2.60. The monoisotopic (exact) mass is 341 g/mol. The lowest BCUT2D eigenvalue weighted by atomic mass is 10.0. The van der Waals surface area contributed by atoms with Crippen LogP contribution in [0, 0.1) is 6.92 Å². The van der Waals surface area contributed by atoms with Gasteiger partial charge in [0.15, 0.2) is 0 Å². The number of hydrogen-bond acceptors (Lipinski definition) is 3. The minimum Gasteiger partial charge on any atom is -0.302 e. The zero-order chi connectivity index (χ0) is 17.6. The van der Waals surface area contributed by atoms with Gasteiger partial charge in [0.25, 0.3) is 0 Å². The van der Waals surface area contributed by atoms with Crippen LogP contribution in [-0.2, 0) is 9.84 Å². The molecule has 0 bridgehead atoms. The smallest absolute Gasteiger partial charge is 0.204 e. The fourth-order valence-corrected chi connectivity index (χ4v) is 4.18. The van der Waals surface area contributed by atoms with Crippen molar-refractivity contribution in [2.24, 2.45) is 0 Å². The van der Waals surface area contributed by atoms with Gasteiger partial charge in [-0.25, -0.2) is 8.42 Å². The Hall–Kier alpha value is -2.17. The molecule has 0 amide bonds. The van der Waals surface area contributed by atoms with E-state index in [0.29, 0.717) is 16.3 Å². The number of aryl methyl sites for hydroxylation is 1. The van der Waals surface area contributed by atoms with Crippen LogP contribution in [-0.4, -0.2) is 15.0 Å². The van der Waals surface area contributed by atoms with E-state index in [1.165, 1.54) is 0 Å². The molecule has 2 aromatic carbocycles. The molecule has 0 aliphatic carbocycles. The van der Waals surface area contributed by atoms with Gasteiger partial charge >= 0.3 is 0 Å². The first-order valence-electron chi connectivity index (χ1n) is 7.88. The molecule has 4 heteroatoms. The van der Waals surface area contributed by atoms with Gasteiger partial charge in [-0.1, -0.05) is 60.2 Å². The first-order chi connectivity index (χ1) is 11.5. The molecule has 0 aliphatic rings. The van der Waals surface area contributed by atoms with Crippen LogP contribution in [0.15, 0.2) is 83.1 Å². The van der Waals surface area contributed by atoms with Gasteiger partial charge in [-0.05, 0) is 31.5 Å². The molecule has 1 atom stereocenters. The highest BCUT2D eigenvalue weighted by Gasteiger charge is 2.28. The lowest BCUT2D eigenvalue weighted by Gasteiger charge is -2.22. The summed E-state index contributed by atoms with van der Waals surface area (Å²) in [4.78, 5) is 0.648. The van der Waals surface area contributed by atoms with Crippen LogP contribution >= 0.6 is 0 Å². The molecule has 0 radical (unpaired) electrons. The Morgan fingerprint density at radius 2 is 1.75 bits per heavy atom. The maximum absolute atomic E-state index is 13.1. The van der Waals surface area contributed by atoms with Gasteiger partial charge in [0, 0.05) is 6.54 Å². The number of rotatable bonds is 7. The summed E-state index contributed by atoms with van der Waals surface area (Å²) in [5.41, 5.74) is 2.05. The summed E-state index contributed by atoms with van der Waals surface area (Å²) in [6, 6.07) is 16.0. The summed E-state index contributed by atoms with van der Waals surface area (Å²) in [6.45, 7) is 7.99. The van der Waals surface area contributed by atoms with Crippen LogP contribution in [0.1, 0.15) is 24.1 Å². The lowest BCUT2D eigenvalue weighted by Crippen LogP contribution is -2.27. The topological polar surface area (TPSA) is 46.2 Å². The molecule has 2 aromatic rings. The average molecular weight is 341 g/mol. The van der Waals surface area contributed by atoms with Crippen LogP contribution in [0.3, 0.4) is 0 Å². The van der Waals surface area contributed by atoms with Gasteiger partial charge in [-0.2, -0.15) is 0 Å². The summed E-state index contributed by atoms with van der Waals surface area (Å²) >= 11 is 0. The zero-order valence-corrected chi connectivity index (χ0v) is 14.9. The van der Waals surface area contributed by atoms with Crippen LogP contribution in [0.5, 0.6) is 0 Å². The van der Waals surface area contributed by atoms with Crippen molar-refractivity contribution < 1.29 is 8.42 Å². The highest BCUT2D eigenvalue weighted by Crippen LogP contribution is 2.30. The van der Waals surface area contributed by atoms with Gasteiger partial charge < -0.3 is 5.32 Å². The Balaban J connectivity index is 2.50. The van der Waals surface area contributed by atoms with E-state index in [-0.39, 0.29) is 0 Å². The van der Waals surface area contributed by atoms with Crippen LogP contribution in [0.4, 0.5) is 0 Å². The third-order valence-corrected chi connectivity index (χ3v) is 5.79. The van der Waals surface area contributed by atoms with E-state index >= 15 is 0 Å². The predicted octanol–water partition coefficient (Wildman–Crippen LogP) is 4.19. The number of nitrogens with one attached hydrogen (secondary N) is 1. The summed E-state index contributed by atoms with van der Waals surface area (Å²) in [5.74, 6) is 0. The molecule has 1 N–H and O–H groups in total. The molecule has 0 aromatic heterocycles. The zero-order valence-electron chi connectivity index (χ0n) is 14.1. The van der Waals surface area contributed by atoms with Gasteiger partial charge in [0.2, 0.25) is 9.84 Å². The van der Waals surface area contributed by atoms with Crippen LogP contribution in [0.2, 0.25) is 0 Å². The molecular formula is C20H23NO2S. The first-order valence-corrected chi connectivity index (χ1v) is 9.36. The highest BCUT2D eigenvalue weighted by atomic mass is 32.2. The van der Waals surface area contributed by atoms with Gasteiger partial charge in [0.1, 0.15) is 0 Å². The molecule has 0 fully saturated rings. The molecule has 0 saturated heterocycles. The SMILES string of the molecule is C=CCN[C@@H](/C(=C/C)S(=O)(=O)c1ccccc1)c1ccc(C)cc1. The van der Waals surface area contributed by atoms with Crippen molar-refractivity contribution in [3.8, 4) is 0 Å². The number of sulfone groups is 1. The second kappa shape index (κ2) is 8.08. The molecule has 2 rings (SSSR count). The largest absolute Gasteiger partial charge is 0.302 e. The van der Waals surface area contributed by atoms with Gasteiger partial charge in [0.05, 0.1) is 15.8 Å². The van der Waals surface area contributed by atoms with E-state index in [1.807, 2.05) is 37.3 Å². The van der Waals surface area contributed by atoms with Crippen molar-refractivity contribution in [3.63, 3.8) is 0 Å². The van der Waals surface area contributed by atoms with E-state index in [1.54, 1.807) is 43.3 Å². The number of benzene rings is 2. The van der Waals surface area contributed by atoms with Crippen molar-refractivity contribution in [2.45, 2.75) is 24.8 Å². The molecule has 3 nitrogen and oxygen atoms in total. The molecule has 24 heavy (non-hydrogen) atoms. The Morgan fingerprint density at radius 3 is 2.29 bits per heavy atom. The summed E-state index contributed by atoms with van der Waals surface area (Å²) in [6.07, 6.45) is 3.40. The molecule has 0 heterocycles. The van der Waals surface area contributed by atoms with Gasteiger partial charge in [-0.15, -0.1) is 6.58 Å². The Labute approximate surface area is 144 Å². The van der Waals surface area contributed by atoms with Crippen molar-refractivity contribution in [1.29, 1.82) is 0 Å². The molecule has 0 spiro atoms. The fraction of sp³-hybridized carbons (Fsp3) is 0.200. The van der Waals surface area contributed by atoms with Gasteiger partial charge in [-0.3, -0.25) is 0 Å². The van der Waals surface area contributed by atoms with Crippen molar-refractivity contribution in [2.75, 3.05) is 6.54 Å². The standard InChI is InChI=1S/C20H23NO2S/c1-4-15-21-20(17-13-11-16(3)12-14-17)19(5-2)24(22,23)18-9-7-6-8-10-18/h4-14,20-21H,1,15H2,2-3H3/b19-5-/t20-/m1/s1. The Kier molecular flexibility index (Phi) is 6.12. The normalized spacial score (nSPS) is 13.5. The van der Waals surface area contributed by atoms with E-state index in [2.05, 4.69) is 11.9 Å². The van der Waals surface area contributed by atoms with E-state index in [9.17, 15) is 8.42 Å². The van der Waals surface area contributed by atoms with E-state index < -0.39 is 15.9 Å². The fourth-order valence-electron chi connectivity index (χ4n) is 2.56. The lowest BCUT2D eigenvalue weighted by molar-refractivity contribution is 0.587. The summed E-state index contributed by atoms with van der Waals surface area (Å²) in [7, 11) is -3.57. The second-order valence-corrected chi connectivity index (χ2v) is 7.50. The highest BCUT2D eigenvalue weighted by molar-refractivity contribution is 7.95. The molecule has 0 unspecified atom stereocenters. The third kappa shape index (κ3) is 4.02. The molecule has 126 valence electrons. The number of hydrogen-bond donors (Lipinski definition) is 1. The first kappa shape index (κ1) is 18.2. The maximum Gasteiger partial charge on any atom is 0.204 e. The molecular weight excluding hydrogens is 318 g/mol. The van der Waals surface area contributed by atoms with Crippen LogP contribution in [0.25, 0.3) is 0 Å². The van der Waals surface area contributed by atoms with Crippen molar-refractivity contribution in [1.82, 2.24) is 5.32 Å². The van der Waals surface area contributed by atoms with E-state index in [0.717, 1.165) is 11.1 Å².